The van der Waals surface area contributed by atoms with E-state index in [0.29, 0.717) is 11.7 Å². The molecule has 6 heteroatoms. The molecular weight excluding hydrogens is 250 g/mol. The SMILES string of the molecule is COc1csc(-c2nc(C3(N)CCCC3)no2)c1. The second-order valence-electron chi connectivity index (χ2n) is 4.64. The summed E-state index contributed by atoms with van der Waals surface area (Å²) in [5, 5.41) is 5.95. The number of methoxy groups -OCH3 is 1. The van der Waals surface area contributed by atoms with E-state index in [2.05, 4.69) is 10.1 Å². The Hall–Kier alpha value is -1.40. The van der Waals surface area contributed by atoms with Crippen molar-refractivity contribution in [2.24, 2.45) is 5.73 Å². The van der Waals surface area contributed by atoms with Crippen molar-refractivity contribution in [3.8, 4) is 16.5 Å². The summed E-state index contributed by atoms with van der Waals surface area (Å²) < 4.78 is 10.4. The van der Waals surface area contributed by atoms with E-state index in [-0.39, 0.29) is 0 Å². The molecule has 2 aromatic heterocycles. The zero-order valence-electron chi connectivity index (χ0n) is 10.2. The van der Waals surface area contributed by atoms with E-state index in [1.165, 1.54) is 11.3 Å². The van der Waals surface area contributed by atoms with Crippen LogP contribution in [-0.2, 0) is 5.54 Å². The van der Waals surface area contributed by atoms with E-state index in [0.717, 1.165) is 36.3 Å². The molecule has 1 fully saturated rings. The van der Waals surface area contributed by atoms with Gasteiger partial charge in [0.25, 0.3) is 5.89 Å². The number of hydrogen-bond acceptors (Lipinski definition) is 6. The third kappa shape index (κ3) is 1.91. The van der Waals surface area contributed by atoms with E-state index in [9.17, 15) is 0 Å². The highest BCUT2D eigenvalue weighted by Crippen LogP contribution is 2.36. The van der Waals surface area contributed by atoms with Gasteiger partial charge in [0.2, 0.25) is 0 Å². The molecule has 3 rings (SSSR count). The molecule has 0 aromatic carbocycles. The summed E-state index contributed by atoms with van der Waals surface area (Å²) in [7, 11) is 1.64. The van der Waals surface area contributed by atoms with Gasteiger partial charge in [0.1, 0.15) is 5.75 Å². The van der Waals surface area contributed by atoms with Crippen molar-refractivity contribution < 1.29 is 9.26 Å². The highest BCUT2D eigenvalue weighted by Gasteiger charge is 2.36. The van der Waals surface area contributed by atoms with Crippen LogP contribution in [0.2, 0.25) is 0 Å². The molecule has 1 aliphatic carbocycles. The highest BCUT2D eigenvalue weighted by molar-refractivity contribution is 7.13. The smallest absolute Gasteiger partial charge is 0.268 e. The molecule has 18 heavy (non-hydrogen) atoms. The molecule has 0 unspecified atom stereocenters. The van der Waals surface area contributed by atoms with Crippen molar-refractivity contribution in [3.05, 3.63) is 17.3 Å². The van der Waals surface area contributed by atoms with Gasteiger partial charge >= 0.3 is 0 Å². The van der Waals surface area contributed by atoms with Crippen molar-refractivity contribution in [2.75, 3.05) is 7.11 Å². The Labute approximate surface area is 109 Å². The Kier molecular flexibility index (Phi) is 2.83. The number of thiophene rings is 1. The van der Waals surface area contributed by atoms with Crippen molar-refractivity contribution in [2.45, 2.75) is 31.2 Å². The molecule has 0 atom stereocenters. The van der Waals surface area contributed by atoms with Crippen LogP contribution in [0.5, 0.6) is 5.75 Å². The predicted octanol–water partition coefficient (Wildman–Crippen LogP) is 2.53. The van der Waals surface area contributed by atoms with Crippen LogP contribution in [0.4, 0.5) is 0 Å². The van der Waals surface area contributed by atoms with Crippen molar-refractivity contribution in [3.63, 3.8) is 0 Å². The molecule has 1 aliphatic rings. The van der Waals surface area contributed by atoms with E-state index in [1.54, 1.807) is 7.11 Å². The molecule has 0 amide bonds. The maximum atomic E-state index is 6.30. The number of ether oxygens (including phenoxy) is 1. The molecule has 0 bridgehead atoms. The average Bonchev–Trinajstić information content (AvgIpc) is 3.08. The molecule has 5 nitrogen and oxygen atoms in total. The molecule has 96 valence electrons. The van der Waals surface area contributed by atoms with E-state index < -0.39 is 5.54 Å². The highest BCUT2D eigenvalue weighted by atomic mass is 32.1. The van der Waals surface area contributed by atoms with E-state index in [1.807, 2.05) is 11.4 Å². The molecular formula is C12H15N3O2S. The average molecular weight is 265 g/mol. The monoisotopic (exact) mass is 265 g/mol. The lowest BCUT2D eigenvalue weighted by Gasteiger charge is -2.17. The molecule has 2 N–H and O–H groups in total. The summed E-state index contributed by atoms with van der Waals surface area (Å²) in [4.78, 5) is 5.34. The zero-order chi connectivity index (χ0) is 12.6. The quantitative estimate of drug-likeness (QED) is 0.923. The molecule has 0 saturated heterocycles. The molecule has 0 radical (unpaired) electrons. The minimum absolute atomic E-state index is 0.400. The number of nitrogens with zero attached hydrogens (tertiary/aromatic N) is 2. The lowest BCUT2D eigenvalue weighted by atomic mass is 9.99. The van der Waals surface area contributed by atoms with Gasteiger partial charge in [-0.25, -0.2) is 0 Å². The zero-order valence-corrected chi connectivity index (χ0v) is 11.0. The number of aromatic nitrogens is 2. The molecule has 0 spiro atoms. The van der Waals surface area contributed by atoms with Crippen LogP contribution >= 0.6 is 11.3 Å². The van der Waals surface area contributed by atoms with Crippen LogP contribution in [0.3, 0.4) is 0 Å². The topological polar surface area (TPSA) is 74.2 Å². The fraction of sp³-hybridized carbons (Fsp3) is 0.500. The fourth-order valence-electron chi connectivity index (χ4n) is 2.29. The second-order valence-corrected chi connectivity index (χ2v) is 5.55. The first-order valence-electron chi connectivity index (χ1n) is 5.97. The van der Waals surface area contributed by atoms with Crippen LogP contribution in [0.25, 0.3) is 10.8 Å². The Morgan fingerprint density at radius 3 is 2.89 bits per heavy atom. The number of hydrogen-bond donors (Lipinski definition) is 1. The van der Waals surface area contributed by atoms with Crippen molar-refractivity contribution in [1.29, 1.82) is 0 Å². The van der Waals surface area contributed by atoms with Gasteiger partial charge in [-0.3, -0.25) is 0 Å². The standard InChI is InChI=1S/C12H15N3O2S/c1-16-8-6-9(18-7-8)10-14-11(15-17-10)12(13)4-2-3-5-12/h6-7H,2-5,13H2,1H3. The van der Waals surface area contributed by atoms with Crippen molar-refractivity contribution in [1.82, 2.24) is 10.1 Å². The van der Waals surface area contributed by atoms with Crippen LogP contribution in [0, 0.1) is 0 Å². The maximum Gasteiger partial charge on any atom is 0.268 e. The fourth-order valence-corrected chi connectivity index (χ4v) is 3.07. The van der Waals surface area contributed by atoms with Gasteiger partial charge in [0.15, 0.2) is 5.82 Å². The molecule has 1 saturated carbocycles. The van der Waals surface area contributed by atoms with Gasteiger partial charge in [0, 0.05) is 11.4 Å². The van der Waals surface area contributed by atoms with Gasteiger partial charge in [-0.15, -0.1) is 11.3 Å². The first-order chi connectivity index (χ1) is 8.71. The summed E-state index contributed by atoms with van der Waals surface area (Å²) >= 11 is 1.52. The first kappa shape index (κ1) is 11.7. The Balaban J connectivity index is 1.89. The maximum absolute atomic E-state index is 6.30. The van der Waals surface area contributed by atoms with Crippen LogP contribution in [0.15, 0.2) is 16.0 Å². The third-order valence-corrected chi connectivity index (χ3v) is 4.29. The van der Waals surface area contributed by atoms with Crippen molar-refractivity contribution >= 4 is 11.3 Å². The molecule has 2 heterocycles. The summed E-state index contributed by atoms with van der Waals surface area (Å²) in [5.41, 5.74) is 5.90. The van der Waals surface area contributed by atoms with Gasteiger partial charge in [-0.05, 0) is 12.8 Å². The summed E-state index contributed by atoms with van der Waals surface area (Å²) in [6.07, 6.45) is 4.12. The van der Waals surface area contributed by atoms with Gasteiger partial charge < -0.3 is 15.0 Å². The number of rotatable bonds is 3. The Bertz CT molecular complexity index is 543. The summed E-state index contributed by atoms with van der Waals surface area (Å²) in [6, 6.07) is 1.89. The number of nitrogens with two attached hydrogens (primary N) is 1. The lowest BCUT2D eigenvalue weighted by Crippen LogP contribution is -2.34. The van der Waals surface area contributed by atoms with Gasteiger partial charge in [-0.2, -0.15) is 4.98 Å². The van der Waals surface area contributed by atoms with Gasteiger partial charge in [-0.1, -0.05) is 18.0 Å². The summed E-state index contributed by atoms with van der Waals surface area (Å²) in [5.74, 6) is 1.95. The van der Waals surface area contributed by atoms with Gasteiger partial charge in [0.05, 0.1) is 17.5 Å². The molecule has 0 aliphatic heterocycles. The summed E-state index contributed by atoms with van der Waals surface area (Å²) in [6.45, 7) is 0. The Morgan fingerprint density at radius 1 is 1.44 bits per heavy atom. The third-order valence-electron chi connectivity index (χ3n) is 3.39. The van der Waals surface area contributed by atoms with E-state index >= 15 is 0 Å². The first-order valence-corrected chi connectivity index (χ1v) is 6.85. The van der Waals surface area contributed by atoms with Crippen LogP contribution < -0.4 is 10.5 Å². The largest absolute Gasteiger partial charge is 0.496 e. The Morgan fingerprint density at radius 2 is 2.22 bits per heavy atom. The van der Waals surface area contributed by atoms with E-state index in [4.69, 9.17) is 15.0 Å². The predicted molar refractivity (Wildman–Crippen MR) is 68.5 cm³/mol. The minimum Gasteiger partial charge on any atom is -0.496 e. The lowest BCUT2D eigenvalue weighted by molar-refractivity contribution is 0.373. The van der Waals surface area contributed by atoms with Crippen LogP contribution in [-0.4, -0.2) is 17.3 Å². The molecule has 2 aromatic rings. The second kappa shape index (κ2) is 4.37. The van der Waals surface area contributed by atoms with Crippen LogP contribution in [0.1, 0.15) is 31.5 Å². The normalized spacial score (nSPS) is 18.1. The minimum atomic E-state index is -0.400.